The average Bonchev–Trinajstić information content (AvgIpc) is 2.53. The lowest BCUT2D eigenvalue weighted by Crippen LogP contribution is -1.87. The first-order valence-corrected chi connectivity index (χ1v) is 4.36. The second kappa shape index (κ2) is 10.3. The molecule has 0 unspecified atom stereocenters. The van der Waals surface area contributed by atoms with Gasteiger partial charge in [-0.25, -0.2) is 4.98 Å². The summed E-state index contributed by atoms with van der Waals surface area (Å²) in [4.78, 5) is 6.92. The van der Waals surface area contributed by atoms with Crippen LogP contribution in [0.2, 0.25) is 0 Å². The lowest BCUT2D eigenvalue weighted by molar-refractivity contribution is 0.396. The Balaban J connectivity index is -0.000000168. The lowest BCUT2D eigenvalue weighted by Gasteiger charge is -1.85. The summed E-state index contributed by atoms with van der Waals surface area (Å²) in [5, 5.41) is 13.8. The van der Waals surface area contributed by atoms with E-state index in [4.69, 9.17) is 10.7 Å². The molecule has 2 N–H and O–H groups in total. The molecule has 0 atom stereocenters. The number of aromatic amines is 1. The van der Waals surface area contributed by atoms with Crippen molar-refractivity contribution in [2.45, 2.75) is 27.7 Å². The molecule has 0 spiro atoms. The summed E-state index contributed by atoms with van der Waals surface area (Å²) in [5.74, 6) is 0.255. The number of hydrogen-bond donors (Lipinski definition) is 2. The molecule has 0 bridgehead atoms. The maximum absolute atomic E-state index is 7.32. The van der Waals surface area contributed by atoms with Gasteiger partial charge in [-0.15, -0.1) is 0 Å². The summed E-state index contributed by atoms with van der Waals surface area (Å²) in [6, 6.07) is 1.75. The van der Waals surface area contributed by atoms with Crippen LogP contribution < -0.4 is 0 Å². The normalized spacial score (nSPS) is 7.20. The Morgan fingerprint density at radius 3 is 2.13 bits per heavy atom. The zero-order valence-corrected chi connectivity index (χ0v) is 9.88. The summed E-state index contributed by atoms with van der Waals surface area (Å²) < 4.78 is 4.33. The Hall–Kier alpha value is -1.83. The topological polar surface area (TPSA) is 85.5 Å². The molecule has 5 nitrogen and oxygen atoms in total. The van der Waals surface area contributed by atoms with Crippen molar-refractivity contribution in [1.82, 2.24) is 9.97 Å². The average molecular weight is 213 g/mol. The van der Waals surface area contributed by atoms with Gasteiger partial charge >= 0.3 is 0 Å². The van der Waals surface area contributed by atoms with Crippen LogP contribution in [0.4, 0.5) is 0 Å². The number of aromatic nitrogens is 2. The van der Waals surface area contributed by atoms with Crippen molar-refractivity contribution in [3.05, 3.63) is 17.7 Å². The number of imidazole rings is 1. The van der Waals surface area contributed by atoms with Crippen LogP contribution in [0.5, 0.6) is 0 Å². The smallest absolute Gasteiger partial charge is 0.176 e. The second-order valence-electron chi connectivity index (χ2n) is 2.60. The van der Waals surface area contributed by atoms with Crippen molar-refractivity contribution in [2.75, 3.05) is 7.11 Å². The number of ether oxygens (including phenoxy) is 1. The highest BCUT2D eigenvalue weighted by atomic mass is 16.5. The first kappa shape index (κ1) is 15.6. The molecule has 0 aliphatic rings. The van der Waals surface area contributed by atoms with E-state index in [0.717, 1.165) is 11.4 Å². The van der Waals surface area contributed by atoms with Crippen molar-refractivity contribution in [3.63, 3.8) is 0 Å². The maximum Gasteiger partial charge on any atom is 0.176 e. The van der Waals surface area contributed by atoms with Gasteiger partial charge < -0.3 is 9.72 Å². The van der Waals surface area contributed by atoms with E-state index in [9.17, 15) is 0 Å². The molecule has 0 saturated carbocycles. The minimum atomic E-state index is 0. The quantitative estimate of drug-likeness (QED) is 0.512. The Bertz CT molecular complexity index is 300. The molecule has 0 radical (unpaired) electrons. The molecule has 0 aromatic carbocycles. The van der Waals surface area contributed by atoms with Gasteiger partial charge in [-0.3, -0.25) is 5.41 Å². The van der Waals surface area contributed by atoms with E-state index < -0.39 is 0 Å². The third-order valence-corrected chi connectivity index (χ3v) is 1.39. The number of rotatable bonds is 0. The molecule has 0 fully saturated rings. The van der Waals surface area contributed by atoms with Crippen LogP contribution in [0, 0.1) is 30.6 Å². The van der Waals surface area contributed by atoms with E-state index in [1.54, 1.807) is 19.3 Å². The number of H-pyrrole nitrogens is 1. The zero-order chi connectivity index (χ0) is 12.3. The molecule has 0 aliphatic heterocycles. The summed E-state index contributed by atoms with van der Waals surface area (Å²) >= 11 is 0. The summed E-state index contributed by atoms with van der Waals surface area (Å²) in [6.07, 6.45) is 1.70. The van der Waals surface area contributed by atoms with Crippen molar-refractivity contribution >= 4 is 5.90 Å². The van der Waals surface area contributed by atoms with Gasteiger partial charge in [0.1, 0.15) is 0 Å². The SMILES string of the molecule is CC#N.COC(C)=N.Cc1nc[nH]c1C.[2HH]. The van der Waals surface area contributed by atoms with Crippen LogP contribution in [0.15, 0.2) is 6.33 Å². The highest BCUT2D eigenvalue weighted by Crippen LogP contribution is 1.94. The zero-order valence-electron chi connectivity index (χ0n) is 9.88. The van der Waals surface area contributed by atoms with E-state index >= 15 is 0 Å². The molecule has 15 heavy (non-hydrogen) atoms. The highest BCUT2D eigenvalue weighted by Gasteiger charge is 1.87. The summed E-state index contributed by atoms with van der Waals surface area (Å²) in [5.41, 5.74) is 2.24. The first-order chi connectivity index (χ1) is 6.99. The molecule has 1 aromatic heterocycles. The number of aryl methyl sites for hydroxylation is 2. The molecule has 0 aliphatic carbocycles. The van der Waals surface area contributed by atoms with Crippen molar-refractivity contribution < 1.29 is 6.16 Å². The number of nitriles is 1. The van der Waals surface area contributed by atoms with Crippen LogP contribution in [0.25, 0.3) is 0 Å². The molecular weight excluding hydrogens is 192 g/mol. The van der Waals surface area contributed by atoms with Gasteiger partial charge in [0.05, 0.1) is 25.2 Å². The molecule has 0 amide bonds. The minimum absolute atomic E-state index is 0. The third kappa shape index (κ3) is 12.2. The maximum atomic E-state index is 7.32. The van der Waals surface area contributed by atoms with Crippen LogP contribution in [-0.2, 0) is 4.74 Å². The predicted molar refractivity (Wildman–Crippen MR) is 61.9 cm³/mol. The number of methoxy groups -OCH3 is 1. The van der Waals surface area contributed by atoms with Gasteiger partial charge in [0, 0.05) is 21.0 Å². The molecule has 86 valence electrons. The van der Waals surface area contributed by atoms with Crippen molar-refractivity contribution in [3.8, 4) is 6.07 Å². The van der Waals surface area contributed by atoms with E-state index in [2.05, 4.69) is 14.7 Å². The number of nitrogens with zero attached hydrogens (tertiary/aromatic N) is 2. The second-order valence-corrected chi connectivity index (χ2v) is 2.60. The van der Waals surface area contributed by atoms with Crippen LogP contribution >= 0.6 is 0 Å². The molecule has 1 aromatic rings. The fraction of sp³-hybridized carbons (Fsp3) is 0.500. The predicted octanol–water partition coefficient (Wildman–Crippen LogP) is 2.43. The molecule has 1 heterocycles. The van der Waals surface area contributed by atoms with Gasteiger partial charge in [0.25, 0.3) is 0 Å². The van der Waals surface area contributed by atoms with Crippen molar-refractivity contribution in [2.24, 2.45) is 0 Å². The monoisotopic (exact) mass is 213 g/mol. The summed E-state index contributed by atoms with van der Waals surface area (Å²) in [6.45, 7) is 6.99. The fourth-order valence-corrected chi connectivity index (χ4v) is 0.427. The Morgan fingerprint density at radius 1 is 1.67 bits per heavy atom. The van der Waals surface area contributed by atoms with Crippen LogP contribution in [0.1, 0.15) is 26.7 Å². The third-order valence-electron chi connectivity index (χ3n) is 1.39. The molecule has 5 heteroatoms. The summed E-state index contributed by atoms with van der Waals surface area (Å²) in [7, 11) is 1.47. The van der Waals surface area contributed by atoms with Gasteiger partial charge in [0.15, 0.2) is 5.90 Å². The number of hydrogen-bond acceptors (Lipinski definition) is 4. The van der Waals surface area contributed by atoms with E-state index in [-0.39, 0.29) is 7.32 Å². The van der Waals surface area contributed by atoms with Gasteiger partial charge in [-0.2, -0.15) is 5.26 Å². The van der Waals surface area contributed by atoms with E-state index in [0.29, 0.717) is 0 Å². The minimum Gasteiger partial charge on any atom is -0.485 e. The Morgan fingerprint density at radius 2 is 2.07 bits per heavy atom. The van der Waals surface area contributed by atoms with E-state index in [1.807, 2.05) is 13.8 Å². The van der Waals surface area contributed by atoms with Crippen molar-refractivity contribution in [1.29, 1.82) is 10.7 Å². The Labute approximate surface area is 92.1 Å². The largest absolute Gasteiger partial charge is 0.485 e. The fourth-order valence-electron chi connectivity index (χ4n) is 0.427. The highest BCUT2D eigenvalue weighted by molar-refractivity contribution is 5.68. The molecule has 1 rings (SSSR count). The van der Waals surface area contributed by atoms with E-state index in [1.165, 1.54) is 14.0 Å². The van der Waals surface area contributed by atoms with Gasteiger partial charge in [-0.1, -0.05) is 0 Å². The van der Waals surface area contributed by atoms with Crippen LogP contribution in [0.3, 0.4) is 0 Å². The van der Waals surface area contributed by atoms with Crippen LogP contribution in [-0.4, -0.2) is 23.0 Å². The standard InChI is InChI=1S/C5H8N2.C3H7NO.C2H3N.H2/c1-4-5(2)7-3-6-4;1-3(4)5-2;1-2-3;/h3H,1-2H3,(H,6,7);4H,1-2H3;1H3;1H/i;;;1+1. The van der Waals surface area contributed by atoms with Gasteiger partial charge in [0.2, 0.25) is 0 Å². The lowest BCUT2D eigenvalue weighted by atomic mass is 10.4. The molecular formula is C10H20N4O. The van der Waals surface area contributed by atoms with Gasteiger partial charge in [-0.05, 0) is 13.8 Å². The first-order valence-electron chi connectivity index (χ1n) is 4.36. The Kier molecular flexibility index (Phi) is 10.7. The number of nitrogens with one attached hydrogen (secondary N) is 2. The molecule has 0 saturated heterocycles.